The first kappa shape index (κ1) is 30.0. The minimum atomic E-state index is -1.10. The smallest absolute Gasteiger partial charge is 0.286 e. The van der Waals surface area contributed by atoms with Gasteiger partial charge in [0.05, 0.1) is 6.61 Å². The molecule has 0 spiro atoms. The lowest BCUT2D eigenvalue weighted by molar-refractivity contribution is -0.147. The molecule has 0 saturated heterocycles. The number of carbonyl (C=O) groups is 3. The van der Waals surface area contributed by atoms with Crippen molar-refractivity contribution in [3.63, 3.8) is 0 Å². The molecule has 2 aromatic rings. The van der Waals surface area contributed by atoms with Crippen LogP contribution in [0.3, 0.4) is 0 Å². The molecule has 0 aliphatic heterocycles. The molecule has 9 nitrogen and oxygen atoms in total. The monoisotopic (exact) mass is 544 g/mol. The second-order valence-electron chi connectivity index (χ2n) is 10.5. The summed E-state index contributed by atoms with van der Waals surface area (Å²) in [6, 6.07) is 8.75. The summed E-state index contributed by atoms with van der Waals surface area (Å²) in [6.07, 6.45) is 4.60. The van der Waals surface area contributed by atoms with Gasteiger partial charge in [-0.05, 0) is 44.8 Å². The van der Waals surface area contributed by atoms with E-state index in [-0.39, 0.29) is 24.2 Å². The number of nitrogens with zero attached hydrogens (tertiary/aromatic N) is 4. The number of Topliss-reactive ketones (excluding diaryl/α,β-unsaturated/α-hetero) is 2. The summed E-state index contributed by atoms with van der Waals surface area (Å²) in [7, 11) is 3.95. The molecule has 1 heterocycles. The molecule has 38 heavy (non-hydrogen) atoms. The number of rotatable bonds is 16. The van der Waals surface area contributed by atoms with E-state index in [2.05, 4.69) is 10.2 Å². The van der Waals surface area contributed by atoms with Crippen LogP contribution < -0.4 is 0 Å². The van der Waals surface area contributed by atoms with Crippen LogP contribution in [-0.4, -0.2) is 82.6 Å². The molecular weight excluding hydrogens is 504 g/mol. The molecule has 10 heteroatoms. The van der Waals surface area contributed by atoms with Crippen LogP contribution in [0.25, 0.3) is 0 Å². The third kappa shape index (κ3) is 7.97. The van der Waals surface area contributed by atoms with Gasteiger partial charge in [-0.1, -0.05) is 75.2 Å². The number of benzene rings is 1. The van der Waals surface area contributed by atoms with Crippen LogP contribution in [0.4, 0.5) is 0 Å². The molecule has 0 radical (unpaired) electrons. The molecule has 1 fully saturated rings. The van der Waals surface area contributed by atoms with Gasteiger partial charge < -0.3 is 19.0 Å². The Morgan fingerprint density at radius 3 is 2.47 bits per heavy atom. The zero-order chi connectivity index (χ0) is 27.5. The summed E-state index contributed by atoms with van der Waals surface area (Å²) in [5, 5.41) is 8.34. The van der Waals surface area contributed by atoms with E-state index < -0.39 is 17.4 Å². The Morgan fingerprint density at radius 1 is 1.13 bits per heavy atom. The van der Waals surface area contributed by atoms with Crippen molar-refractivity contribution >= 4 is 29.7 Å². The highest BCUT2D eigenvalue weighted by Crippen LogP contribution is 2.37. The van der Waals surface area contributed by atoms with Gasteiger partial charge in [-0.2, -0.15) is 0 Å². The summed E-state index contributed by atoms with van der Waals surface area (Å²) in [5.74, 6) is 0.0918. The number of aromatic nitrogens is 2. The standard InChI is InChI=1S/C28H40N4O5S/c1-21(2)17-23(25(35)26-29-30-27(37-26)38-16-15-31(3)4)32(20-33)28(13-9-6-10-14-28)24(34)19-36-18-22-11-7-5-8-12-22/h5,7-8,11-12,20-21,23H,6,9-10,13-19H2,1-4H3. The lowest BCUT2D eigenvalue weighted by Crippen LogP contribution is -2.61. The summed E-state index contributed by atoms with van der Waals surface area (Å²) in [4.78, 5) is 43.6. The van der Waals surface area contributed by atoms with Gasteiger partial charge in [-0.15, -0.1) is 10.2 Å². The summed E-state index contributed by atoms with van der Waals surface area (Å²) >= 11 is 1.38. The normalized spacial score (nSPS) is 15.9. The highest BCUT2D eigenvalue weighted by atomic mass is 32.2. The number of ketones is 2. The number of amides is 1. The minimum Gasteiger partial charge on any atom is -0.408 e. The van der Waals surface area contributed by atoms with Gasteiger partial charge >= 0.3 is 0 Å². The van der Waals surface area contributed by atoms with Crippen LogP contribution in [0.15, 0.2) is 40.0 Å². The maximum Gasteiger partial charge on any atom is 0.286 e. The fourth-order valence-corrected chi connectivity index (χ4v) is 5.75. The van der Waals surface area contributed by atoms with E-state index in [4.69, 9.17) is 9.15 Å². The van der Waals surface area contributed by atoms with E-state index in [0.29, 0.717) is 37.5 Å². The maximum absolute atomic E-state index is 13.7. The van der Waals surface area contributed by atoms with Crippen LogP contribution in [0.2, 0.25) is 0 Å². The van der Waals surface area contributed by atoms with Gasteiger partial charge in [0.2, 0.25) is 12.2 Å². The SMILES string of the molecule is CC(C)CC(C(=O)c1nnc(SCCN(C)C)o1)N(C=O)C1(C(=O)COCc2ccccc2)CCCCC1. The average Bonchev–Trinajstić information content (AvgIpc) is 3.37. The zero-order valence-electron chi connectivity index (χ0n) is 22.9. The van der Waals surface area contributed by atoms with E-state index in [1.165, 1.54) is 16.7 Å². The van der Waals surface area contributed by atoms with Crippen molar-refractivity contribution in [2.24, 2.45) is 5.92 Å². The van der Waals surface area contributed by atoms with Crippen molar-refractivity contribution in [2.75, 3.05) is 33.0 Å². The second kappa shape index (κ2) is 14.6. The minimum absolute atomic E-state index is 0.0910. The zero-order valence-corrected chi connectivity index (χ0v) is 23.7. The highest BCUT2D eigenvalue weighted by Gasteiger charge is 2.49. The van der Waals surface area contributed by atoms with Gasteiger partial charge in [0, 0.05) is 12.3 Å². The topological polar surface area (TPSA) is 106 Å². The fourth-order valence-electron chi connectivity index (χ4n) is 4.88. The van der Waals surface area contributed by atoms with Gasteiger partial charge in [0.1, 0.15) is 18.2 Å². The van der Waals surface area contributed by atoms with E-state index in [1.807, 2.05) is 63.2 Å². The molecule has 1 aromatic heterocycles. The van der Waals surface area contributed by atoms with Crippen LogP contribution in [0.1, 0.15) is 68.6 Å². The Bertz CT molecular complexity index is 1040. The van der Waals surface area contributed by atoms with E-state index in [1.54, 1.807) is 0 Å². The summed E-state index contributed by atoms with van der Waals surface area (Å²) in [6.45, 7) is 4.96. The average molecular weight is 545 g/mol. The van der Waals surface area contributed by atoms with Crippen molar-refractivity contribution < 1.29 is 23.5 Å². The molecule has 1 saturated carbocycles. The van der Waals surface area contributed by atoms with Gasteiger partial charge in [0.25, 0.3) is 11.1 Å². The van der Waals surface area contributed by atoms with Crippen molar-refractivity contribution in [1.29, 1.82) is 0 Å². The van der Waals surface area contributed by atoms with E-state index in [0.717, 1.165) is 37.1 Å². The van der Waals surface area contributed by atoms with E-state index >= 15 is 0 Å². The molecular formula is C28H40N4O5S. The van der Waals surface area contributed by atoms with Crippen molar-refractivity contribution in [2.45, 2.75) is 75.8 Å². The predicted octanol–water partition coefficient (Wildman–Crippen LogP) is 4.27. The molecule has 1 unspecified atom stereocenters. The Labute approximate surface area is 229 Å². The number of hydrogen-bond acceptors (Lipinski definition) is 9. The first-order valence-electron chi connectivity index (χ1n) is 13.3. The molecule has 0 N–H and O–H groups in total. The first-order chi connectivity index (χ1) is 18.3. The summed E-state index contributed by atoms with van der Waals surface area (Å²) < 4.78 is 11.5. The molecule has 1 aliphatic rings. The molecule has 0 bridgehead atoms. The maximum atomic E-state index is 13.7. The van der Waals surface area contributed by atoms with Gasteiger partial charge in [0.15, 0.2) is 5.78 Å². The third-order valence-corrected chi connectivity index (χ3v) is 7.67. The van der Waals surface area contributed by atoms with Crippen LogP contribution in [-0.2, 0) is 20.9 Å². The lowest BCUT2D eigenvalue weighted by Gasteiger charge is -2.46. The van der Waals surface area contributed by atoms with Gasteiger partial charge in [-0.3, -0.25) is 14.4 Å². The van der Waals surface area contributed by atoms with E-state index in [9.17, 15) is 14.4 Å². The fraction of sp³-hybridized carbons (Fsp3) is 0.607. The third-order valence-electron chi connectivity index (χ3n) is 6.87. The number of thioether (sulfide) groups is 1. The van der Waals surface area contributed by atoms with Crippen molar-refractivity contribution in [1.82, 2.24) is 20.0 Å². The van der Waals surface area contributed by atoms with Crippen LogP contribution in [0, 0.1) is 5.92 Å². The highest BCUT2D eigenvalue weighted by molar-refractivity contribution is 7.99. The number of ether oxygens (including phenoxy) is 1. The first-order valence-corrected chi connectivity index (χ1v) is 14.3. The predicted molar refractivity (Wildman–Crippen MR) is 146 cm³/mol. The van der Waals surface area contributed by atoms with Crippen LogP contribution in [0.5, 0.6) is 0 Å². The van der Waals surface area contributed by atoms with Crippen molar-refractivity contribution in [3.05, 3.63) is 41.8 Å². The molecule has 208 valence electrons. The molecule has 3 rings (SSSR count). The quantitative estimate of drug-likeness (QED) is 0.174. The Kier molecular flexibility index (Phi) is 11.5. The molecule has 1 aromatic carbocycles. The second-order valence-corrected chi connectivity index (χ2v) is 11.6. The molecule has 1 aliphatic carbocycles. The largest absolute Gasteiger partial charge is 0.408 e. The molecule has 1 atom stereocenters. The number of carbonyl (C=O) groups excluding carboxylic acids is 3. The number of hydrogen-bond donors (Lipinski definition) is 0. The lowest BCUT2D eigenvalue weighted by atomic mass is 9.76. The molecule has 1 amide bonds. The van der Waals surface area contributed by atoms with Crippen molar-refractivity contribution in [3.8, 4) is 0 Å². The Balaban J connectivity index is 1.82. The van der Waals surface area contributed by atoms with Crippen LogP contribution >= 0.6 is 11.8 Å². The Morgan fingerprint density at radius 2 is 1.84 bits per heavy atom. The van der Waals surface area contributed by atoms with Gasteiger partial charge in [-0.25, -0.2) is 0 Å². The Hall–Kier alpha value is -2.56. The summed E-state index contributed by atoms with van der Waals surface area (Å²) in [5.41, 5.74) is -0.136.